The summed E-state index contributed by atoms with van der Waals surface area (Å²) in [6, 6.07) is 13.3. The largest absolute Gasteiger partial charge is 0.484 e. The topological polar surface area (TPSA) is 80.3 Å². The molecule has 4 rings (SSSR count). The van der Waals surface area contributed by atoms with Gasteiger partial charge in [-0.1, -0.05) is 29.8 Å². The zero-order chi connectivity index (χ0) is 21.1. The smallest absolute Gasteiger partial charge is 0.264 e. The molecule has 1 aromatic heterocycles. The molecule has 0 bridgehead atoms. The van der Waals surface area contributed by atoms with Crippen molar-refractivity contribution in [2.45, 2.75) is 26.7 Å². The number of amides is 2. The summed E-state index contributed by atoms with van der Waals surface area (Å²) in [5.41, 5.74) is 4.91. The fourth-order valence-electron chi connectivity index (χ4n) is 3.11. The number of anilines is 2. The van der Waals surface area contributed by atoms with E-state index in [1.54, 1.807) is 24.3 Å². The van der Waals surface area contributed by atoms with Crippen LogP contribution in [0.3, 0.4) is 0 Å². The van der Waals surface area contributed by atoms with Gasteiger partial charge in [0.1, 0.15) is 5.75 Å². The molecule has 0 spiro atoms. The highest BCUT2D eigenvalue weighted by Gasteiger charge is 2.29. The average molecular weight is 422 g/mol. The zero-order valence-corrected chi connectivity index (χ0v) is 17.7. The van der Waals surface area contributed by atoms with Gasteiger partial charge in [0.2, 0.25) is 5.91 Å². The third-order valence-corrected chi connectivity index (χ3v) is 5.59. The van der Waals surface area contributed by atoms with Gasteiger partial charge in [-0.3, -0.25) is 14.9 Å². The van der Waals surface area contributed by atoms with E-state index in [1.807, 2.05) is 11.4 Å². The summed E-state index contributed by atoms with van der Waals surface area (Å²) in [5, 5.41) is 8.11. The Morgan fingerprint density at radius 2 is 1.97 bits per heavy atom. The fourth-order valence-corrected chi connectivity index (χ4v) is 3.84. The maximum Gasteiger partial charge on any atom is 0.264 e. The SMILES string of the molecule is Cc1ccc(-c2csc(NC(=O)COc3cccc(NC(=O)C4CC4)c3)n2)c(C)c1. The monoisotopic (exact) mass is 421 g/mol. The number of hydrogen-bond acceptors (Lipinski definition) is 5. The lowest BCUT2D eigenvalue weighted by Gasteiger charge is -2.09. The van der Waals surface area contributed by atoms with Crippen LogP contribution in [0.5, 0.6) is 5.75 Å². The number of hydrogen-bond donors (Lipinski definition) is 2. The molecule has 3 aromatic rings. The van der Waals surface area contributed by atoms with Crippen LogP contribution in [-0.2, 0) is 9.59 Å². The van der Waals surface area contributed by atoms with Crippen molar-refractivity contribution in [3.8, 4) is 17.0 Å². The molecule has 0 aliphatic heterocycles. The second kappa shape index (κ2) is 8.67. The lowest BCUT2D eigenvalue weighted by atomic mass is 10.0. The van der Waals surface area contributed by atoms with Crippen molar-refractivity contribution in [1.82, 2.24) is 4.98 Å². The molecule has 1 saturated carbocycles. The van der Waals surface area contributed by atoms with Crippen LogP contribution < -0.4 is 15.4 Å². The van der Waals surface area contributed by atoms with E-state index >= 15 is 0 Å². The first-order valence-electron chi connectivity index (χ1n) is 9.84. The number of thiazole rings is 1. The van der Waals surface area contributed by atoms with Gasteiger partial charge < -0.3 is 10.1 Å². The predicted octanol–water partition coefficient (Wildman–Crippen LogP) is 4.79. The van der Waals surface area contributed by atoms with Gasteiger partial charge >= 0.3 is 0 Å². The van der Waals surface area contributed by atoms with Crippen molar-refractivity contribution in [1.29, 1.82) is 0 Å². The molecule has 2 N–H and O–H groups in total. The number of rotatable bonds is 7. The molecular weight excluding hydrogens is 398 g/mol. The first kappa shape index (κ1) is 20.1. The van der Waals surface area contributed by atoms with Gasteiger partial charge in [0.25, 0.3) is 5.91 Å². The molecule has 1 heterocycles. The van der Waals surface area contributed by atoms with Crippen molar-refractivity contribution in [2.75, 3.05) is 17.2 Å². The molecule has 0 atom stereocenters. The molecule has 30 heavy (non-hydrogen) atoms. The predicted molar refractivity (Wildman–Crippen MR) is 119 cm³/mol. The van der Waals surface area contributed by atoms with E-state index in [9.17, 15) is 9.59 Å². The van der Waals surface area contributed by atoms with E-state index < -0.39 is 0 Å². The molecule has 1 fully saturated rings. The summed E-state index contributed by atoms with van der Waals surface area (Å²) >= 11 is 1.38. The Balaban J connectivity index is 1.32. The number of aromatic nitrogens is 1. The second-order valence-corrected chi connectivity index (χ2v) is 8.34. The summed E-state index contributed by atoms with van der Waals surface area (Å²) in [6.07, 6.45) is 1.90. The van der Waals surface area contributed by atoms with Crippen LogP contribution in [0.25, 0.3) is 11.3 Å². The van der Waals surface area contributed by atoms with Gasteiger partial charge in [-0.15, -0.1) is 11.3 Å². The van der Waals surface area contributed by atoms with Gasteiger partial charge in [0, 0.05) is 28.6 Å². The standard InChI is InChI=1S/C23H23N3O3S/c1-14-6-9-19(15(2)10-14)20-13-30-23(25-20)26-21(27)12-29-18-5-3-4-17(11-18)24-22(28)16-7-8-16/h3-6,9-11,13,16H,7-8,12H2,1-2H3,(H,24,28)(H,25,26,27). The maximum atomic E-state index is 12.3. The van der Waals surface area contributed by atoms with Crippen LogP contribution >= 0.6 is 11.3 Å². The molecule has 1 aliphatic carbocycles. The summed E-state index contributed by atoms with van der Waals surface area (Å²) in [5.74, 6) is 0.401. The van der Waals surface area contributed by atoms with Crippen LogP contribution in [0.4, 0.5) is 10.8 Å². The van der Waals surface area contributed by atoms with Gasteiger partial charge in [0.05, 0.1) is 5.69 Å². The minimum absolute atomic E-state index is 0.0354. The Morgan fingerprint density at radius 1 is 1.13 bits per heavy atom. The van der Waals surface area contributed by atoms with Crippen molar-refractivity contribution in [3.63, 3.8) is 0 Å². The molecule has 2 aromatic carbocycles. The van der Waals surface area contributed by atoms with Crippen LogP contribution in [0, 0.1) is 19.8 Å². The number of benzene rings is 2. The van der Waals surface area contributed by atoms with Gasteiger partial charge in [-0.05, 0) is 44.4 Å². The van der Waals surface area contributed by atoms with Gasteiger partial charge in [0.15, 0.2) is 11.7 Å². The Morgan fingerprint density at radius 3 is 2.73 bits per heavy atom. The van der Waals surface area contributed by atoms with Crippen LogP contribution in [0.1, 0.15) is 24.0 Å². The van der Waals surface area contributed by atoms with Crippen molar-refractivity contribution < 1.29 is 14.3 Å². The summed E-state index contributed by atoms with van der Waals surface area (Å²) in [7, 11) is 0. The minimum atomic E-state index is -0.288. The maximum absolute atomic E-state index is 12.3. The molecule has 154 valence electrons. The first-order valence-corrected chi connectivity index (χ1v) is 10.7. The van der Waals surface area contributed by atoms with E-state index in [2.05, 4.69) is 41.6 Å². The molecule has 6 nitrogen and oxygen atoms in total. The molecular formula is C23H23N3O3S. The van der Waals surface area contributed by atoms with Crippen molar-refractivity contribution >= 4 is 34.0 Å². The zero-order valence-electron chi connectivity index (χ0n) is 16.9. The van der Waals surface area contributed by atoms with Crippen LogP contribution in [0.2, 0.25) is 0 Å². The summed E-state index contributed by atoms with van der Waals surface area (Å²) < 4.78 is 5.58. The third-order valence-electron chi connectivity index (χ3n) is 4.83. The summed E-state index contributed by atoms with van der Waals surface area (Å²) in [6.45, 7) is 3.97. The molecule has 7 heteroatoms. The number of nitrogens with one attached hydrogen (secondary N) is 2. The number of nitrogens with zero attached hydrogens (tertiary/aromatic N) is 1. The minimum Gasteiger partial charge on any atom is -0.484 e. The van der Waals surface area contributed by atoms with E-state index in [-0.39, 0.29) is 24.3 Å². The Hall–Kier alpha value is -3.19. The molecule has 0 radical (unpaired) electrons. The molecule has 0 saturated heterocycles. The first-order chi connectivity index (χ1) is 14.5. The number of aryl methyl sites for hydroxylation is 2. The van der Waals surface area contributed by atoms with Gasteiger partial charge in [-0.25, -0.2) is 4.98 Å². The second-order valence-electron chi connectivity index (χ2n) is 7.48. The summed E-state index contributed by atoms with van der Waals surface area (Å²) in [4.78, 5) is 28.7. The highest BCUT2D eigenvalue weighted by atomic mass is 32.1. The molecule has 2 amide bonds. The third kappa shape index (κ3) is 5.04. The number of carbonyl (C=O) groups is 2. The van der Waals surface area contributed by atoms with Crippen molar-refractivity contribution in [3.05, 3.63) is 59.0 Å². The lowest BCUT2D eigenvalue weighted by molar-refractivity contribution is -0.118. The van der Waals surface area contributed by atoms with E-state index in [0.29, 0.717) is 16.6 Å². The Bertz CT molecular complexity index is 1090. The Kier molecular flexibility index (Phi) is 5.81. The number of ether oxygens (including phenoxy) is 1. The van der Waals surface area contributed by atoms with Crippen molar-refractivity contribution in [2.24, 2.45) is 5.92 Å². The highest BCUT2D eigenvalue weighted by Crippen LogP contribution is 2.31. The quantitative estimate of drug-likeness (QED) is 0.575. The average Bonchev–Trinajstić information content (AvgIpc) is 3.47. The normalized spacial score (nSPS) is 13.0. The lowest BCUT2D eigenvalue weighted by Crippen LogP contribution is -2.20. The fraction of sp³-hybridized carbons (Fsp3) is 0.261. The van der Waals surface area contributed by atoms with E-state index in [4.69, 9.17) is 4.74 Å². The molecule has 1 aliphatic rings. The van der Waals surface area contributed by atoms with E-state index in [0.717, 1.165) is 29.7 Å². The van der Waals surface area contributed by atoms with E-state index in [1.165, 1.54) is 16.9 Å². The number of carbonyl (C=O) groups excluding carboxylic acids is 2. The van der Waals surface area contributed by atoms with Crippen LogP contribution in [-0.4, -0.2) is 23.4 Å². The Labute approximate surface area is 179 Å². The molecule has 0 unspecified atom stereocenters. The highest BCUT2D eigenvalue weighted by molar-refractivity contribution is 7.14. The van der Waals surface area contributed by atoms with Crippen LogP contribution in [0.15, 0.2) is 47.8 Å². The van der Waals surface area contributed by atoms with Gasteiger partial charge in [-0.2, -0.15) is 0 Å².